The lowest BCUT2D eigenvalue weighted by molar-refractivity contribution is -0.136. The van der Waals surface area contributed by atoms with Crippen molar-refractivity contribution in [2.75, 3.05) is 39.3 Å². The van der Waals surface area contributed by atoms with Crippen molar-refractivity contribution in [1.29, 1.82) is 0 Å². The minimum atomic E-state index is 0.00856. The Morgan fingerprint density at radius 2 is 1.62 bits per heavy atom. The Balaban J connectivity index is 1.28. The molecule has 0 aromatic heterocycles. The minimum Gasteiger partial charge on any atom is -0.489 e. The minimum absolute atomic E-state index is 0.00856. The van der Waals surface area contributed by atoms with Crippen molar-refractivity contribution < 1.29 is 14.3 Å². The molecule has 0 bridgehead atoms. The Kier molecular flexibility index (Phi) is 6.10. The van der Waals surface area contributed by atoms with E-state index in [-0.39, 0.29) is 17.7 Å². The predicted octanol–water partition coefficient (Wildman–Crippen LogP) is 2.16. The van der Waals surface area contributed by atoms with E-state index in [0.29, 0.717) is 38.3 Å². The molecule has 6 nitrogen and oxygen atoms in total. The fourth-order valence-corrected chi connectivity index (χ4v) is 3.87. The summed E-state index contributed by atoms with van der Waals surface area (Å²) in [4.78, 5) is 29.0. The van der Waals surface area contributed by atoms with Gasteiger partial charge in [0.25, 0.3) is 5.91 Å². The number of carbonyl (C=O) groups is 2. The number of hydrogen-bond donors (Lipinski definition) is 1. The average Bonchev–Trinajstić information content (AvgIpc) is 3.33. The molecule has 2 heterocycles. The van der Waals surface area contributed by atoms with Crippen LogP contribution >= 0.6 is 0 Å². The molecule has 2 aromatic rings. The quantitative estimate of drug-likeness (QED) is 0.846. The molecule has 2 saturated heterocycles. The number of nitrogens with one attached hydrogen (secondary N) is 1. The highest BCUT2D eigenvalue weighted by Crippen LogP contribution is 2.18. The third-order valence-corrected chi connectivity index (χ3v) is 5.64. The monoisotopic (exact) mass is 393 g/mol. The summed E-state index contributed by atoms with van der Waals surface area (Å²) in [7, 11) is 0. The summed E-state index contributed by atoms with van der Waals surface area (Å²) in [5.74, 6) is 1.07. The molecule has 29 heavy (non-hydrogen) atoms. The Morgan fingerprint density at radius 3 is 2.28 bits per heavy atom. The first-order valence-corrected chi connectivity index (χ1v) is 10.3. The van der Waals surface area contributed by atoms with Crippen LogP contribution < -0.4 is 10.1 Å². The van der Waals surface area contributed by atoms with Gasteiger partial charge in [-0.05, 0) is 42.8 Å². The van der Waals surface area contributed by atoms with Gasteiger partial charge in [-0.3, -0.25) is 9.59 Å². The van der Waals surface area contributed by atoms with Crippen LogP contribution in [0.15, 0.2) is 54.6 Å². The van der Waals surface area contributed by atoms with Gasteiger partial charge in [-0.15, -0.1) is 0 Å². The van der Waals surface area contributed by atoms with Gasteiger partial charge in [0.05, 0.1) is 5.92 Å². The van der Waals surface area contributed by atoms with Crippen molar-refractivity contribution in [3.63, 3.8) is 0 Å². The van der Waals surface area contributed by atoms with Crippen LogP contribution in [0.1, 0.15) is 22.3 Å². The number of benzene rings is 2. The van der Waals surface area contributed by atoms with Crippen LogP contribution in [-0.4, -0.2) is 60.9 Å². The standard InChI is InChI=1S/C23H27N3O3/c27-22(25-12-14-26(15-13-25)23(28)20-10-11-24-16-20)19-6-8-21(9-7-19)29-17-18-4-2-1-3-5-18/h1-9,20,24H,10-17H2. The highest BCUT2D eigenvalue weighted by Gasteiger charge is 2.30. The fourth-order valence-electron chi connectivity index (χ4n) is 3.87. The van der Waals surface area contributed by atoms with Crippen molar-refractivity contribution in [1.82, 2.24) is 15.1 Å². The normalized spacial score (nSPS) is 19.2. The number of piperazine rings is 1. The topological polar surface area (TPSA) is 61.9 Å². The number of ether oxygens (including phenoxy) is 1. The van der Waals surface area contributed by atoms with E-state index in [4.69, 9.17) is 4.74 Å². The Labute approximate surface area is 171 Å². The molecule has 0 aliphatic carbocycles. The predicted molar refractivity (Wildman–Crippen MR) is 111 cm³/mol. The van der Waals surface area contributed by atoms with E-state index in [0.717, 1.165) is 30.8 Å². The summed E-state index contributed by atoms with van der Waals surface area (Å²) in [5.41, 5.74) is 1.75. The van der Waals surface area contributed by atoms with Gasteiger partial charge in [0.2, 0.25) is 5.91 Å². The van der Waals surface area contributed by atoms with Crippen LogP contribution in [0.3, 0.4) is 0 Å². The molecular formula is C23H27N3O3. The maximum Gasteiger partial charge on any atom is 0.253 e. The first kappa shape index (κ1) is 19.5. The van der Waals surface area contributed by atoms with Gasteiger partial charge < -0.3 is 19.9 Å². The van der Waals surface area contributed by atoms with Crippen molar-refractivity contribution in [3.8, 4) is 5.75 Å². The molecule has 2 aliphatic heterocycles. The van der Waals surface area contributed by atoms with E-state index in [2.05, 4.69) is 5.32 Å². The zero-order chi connectivity index (χ0) is 20.1. The van der Waals surface area contributed by atoms with E-state index in [9.17, 15) is 9.59 Å². The second kappa shape index (κ2) is 9.09. The molecule has 1 atom stereocenters. The van der Waals surface area contributed by atoms with Crippen LogP contribution in [-0.2, 0) is 11.4 Å². The summed E-state index contributed by atoms with van der Waals surface area (Å²) in [6.07, 6.45) is 0.913. The van der Waals surface area contributed by atoms with Crippen molar-refractivity contribution in [3.05, 3.63) is 65.7 Å². The van der Waals surface area contributed by atoms with E-state index >= 15 is 0 Å². The van der Waals surface area contributed by atoms with Crippen LogP contribution in [0, 0.1) is 5.92 Å². The number of nitrogens with zero attached hydrogens (tertiary/aromatic N) is 2. The third kappa shape index (κ3) is 4.77. The lowest BCUT2D eigenvalue weighted by Gasteiger charge is -2.36. The summed E-state index contributed by atoms with van der Waals surface area (Å²) >= 11 is 0. The van der Waals surface area contributed by atoms with Crippen LogP contribution in [0.25, 0.3) is 0 Å². The molecule has 2 aromatic carbocycles. The number of amides is 2. The molecular weight excluding hydrogens is 366 g/mol. The SMILES string of the molecule is O=C(c1ccc(OCc2ccccc2)cc1)N1CCN(C(=O)C2CCNC2)CC1. The Morgan fingerprint density at radius 1 is 0.931 bits per heavy atom. The van der Waals surface area contributed by atoms with Crippen molar-refractivity contribution in [2.24, 2.45) is 5.92 Å². The van der Waals surface area contributed by atoms with Crippen LogP contribution in [0.4, 0.5) is 0 Å². The van der Waals surface area contributed by atoms with E-state index in [1.54, 1.807) is 0 Å². The summed E-state index contributed by atoms with van der Waals surface area (Å²) in [6, 6.07) is 17.3. The molecule has 1 N–H and O–H groups in total. The van der Waals surface area contributed by atoms with Gasteiger partial charge in [0.1, 0.15) is 12.4 Å². The van der Waals surface area contributed by atoms with Gasteiger partial charge in [-0.1, -0.05) is 30.3 Å². The van der Waals surface area contributed by atoms with Gasteiger partial charge >= 0.3 is 0 Å². The van der Waals surface area contributed by atoms with E-state index in [1.165, 1.54) is 0 Å². The molecule has 2 fully saturated rings. The molecule has 0 saturated carbocycles. The largest absolute Gasteiger partial charge is 0.489 e. The Hall–Kier alpha value is -2.86. The molecule has 6 heteroatoms. The molecule has 1 unspecified atom stereocenters. The van der Waals surface area contributed by atoms with Gasteiger partial charge in [-0.25, -0.2) is 0 Å². The van der Waals surface area contributed by atoms with Crippen LogP contribution in [0.2, 0.25) is 0 Å². The fraction of sp³-hybridized carbons (Fsp3) is 0.391. The maximum absolute atomic E-state index is 12.8. The zero-order valence-electron chi connectivity index (χ0n) is 16.5. The van der Waals surface area contributed by atoms with E-state index < -0.39 is 0 Å². The highest BCUT2D eigenvalue weighted by atomic mass is 16.5. The summed E-state index contributed by atoms with van der Waals surface area (Å²) in [5, 5.41) is 3.24. The van der Waals surface area contributed by atoms with Crippen molar-refractivity contribution in [2.45, 2.75) is 13.0 Å². The maximum atomic E-state index is 12.8. The van der Waals surface area contributed by atoms with Crippen LogP contribution in [0.5, 0.6) is 5.75 Å². The number of rotatable bonds is 5. The lowest BCUT2D eigenvalue weighted by Crippen LogP contribution is -2.52. The summed E-state index contributed by atoms with van der Waals surface area (Å²) < 4.78 is 5.79. The third-order valence-electron chi connectivity index (χ3n) is 5.64. The lowest BCUT2D eigenvalue weighted by atomic mass is 10.1. The van der Waals surface area contributed by atoms with E-state index in [1.807, 2.05) is 64.4 Å². The molecule has 152 valence electrons. The van der Waals surface area contributed by atoms with Gasteiger partial charge in [0.15, 0.2) is 0 Å². The van der Waals surface area contributed by atoms with Crippen molar-refractivity contribution >= 4 is 11.8 Å². The molecule has 4 rings (SSSR count). The molecule has 2 aliphatic rings. The first-order valence-electron chi connectivity index (χ1n) is 10.3. The number of hydrogen-bond acceptors (Lipinski definition) is 4. The smallest absolute Gasteiger partial charge is 0.253 e. The first-order chi connectivity index (χ1) is 14.2. The molecule has 0 radical (unpaired) electrons. The van der Waals surface area contributed by atoms with Gasteiger partial charge in [0, 0.05) is 38.3 Å². The molecule has 0 spiro atoms. The second-order valence-corrected chi connectivity index (χ2v) is 7.61. The zero-order valence-corrected chi connectivity index (χ0v) is 16.5. The summed E-state index contributed by atoms with van der Waals surface area (Å²) in [6.45, 7) is 4.57. The Bertz CT molecular complexity index is 824. The second-order valence-electron chi connectivity index (χ2n) is 7.61. The highest BCUT2D eigenvalue weighted by molar-refractivity contribution is 5.94. The van der Waals surface area contributed by atoms with Gasteiger partial charge in [-0.2, -0.15) is 0 Å². The molecule has 2 amide bonds. The number of carbonyl (C=O) groups excluding carboxylic acids is 2. The average molecular weight is 393 g/mol.